The number of carbonyl (C=O) groups excluding carboxylic acids is 3. The lowest BCUT2D eigenvalue weighted by atomic mass is 10.1. The van der Waals surface area contributed by atoms with E-state index in [0.717, 1.165) is 23.9 Å². The minimum Gasteiger partial charge on any atom is -0.545 e. The van der Waals surface area contributed by atoms with E-state index in [1.807, 2.05) is 0 Å². The molecule has 1 atom stereocenters. The van der Waals surface area contributed by atoms with Crippen LogP contribution in [0.3, 0.4) is 0 Å². The van der Waals surface area contributed by atoms with E-state index in [2.05, 4.69) is 10.6 Å². The van der Waals surface area contributed by atoms with Crippen molar-refractivity contribution in [3.8, 4) is 0 Å². The molecule has 2 aromatic carbocycles. The Bertz CT molecular complexity index is 962. The Hall–Kier alpha value is -3.01. The molecule has 0 aromatic heterocycles. The van der Waals surface area contributed by atoms with Gasteiger partial charge >= 0.3 is 6.18 Å². The molecule has 28 heavy (non-hydrogen) atoms. The monoisotopic (exact) mass is 409 g/mol. The molecule has 0 fully saturated rings. The van der Waals surface area contributed by atoms with E-state index in [1.54, 1.807) is 0 Å². The van der Waals surface area contributed by atoms with E-state index in [9.17, 15) is 32.7 Å². The van der Waals surface area contributed by atoms with Crippen molar-refractivity contribution < 1.29 is 32.7 Å². The zero-order valence-corrected chi connectivity index (χ0v) is 14.8. The third-order valence-corrected chi connectivity index (χ3v) is 5.15. The molecule has 0 bridgehead atoms. The Morgan fingerprint density at radius 1 is 1.18 bits per heavy atom. The summed E-state index contributed by atoms with van der Waals surface area (Å²) >= 11 is 0.987. The third-order valence-electron chi connectivity index (χ3n) is 3.88. The Labute approximate surface area is 161 Å². The van der Waals surface area contributed by atoms with Gasteiger partial charge in [0.05, 0.1) is 22.5 Å². The summed E-state index contributed by atoms with van der Waals surface area (Å²) in [4.78, 5) is 35.6. The number of amides is 2. The number of thioether (sulfide) groups is 1. The van der Waals surface area contributed by atoms with Crippen LogP contribution in [0.4, 0.5) is 24.5 Å². The first kappa shape index (κ1) is 19.7. The number of hydrogen-bond acceptors (Lipinski definition) is 5. The van der Waals surface area contributed by atoms with E-state index >= 15 is 0 Å². The number of fused-ring (bicyclic) bond motifs is 1. The molecule has 0 aliphatic carbocycles. The zero-order chi connectivity index (χ0) is 20.5. The molecule has 10 heteroatoms. The van der Waals surface area contributed by atoms with Crippen molar-refractivity contribution >= 4 is 40.9 Å². The first-order valence-electron chi connectivity index (χ1n) is 7.93. The number of carbonyl (C=O) groups is 3. The van der Waals surface area contributed by atoms with Gasteiger partial charge in [-0.2, -0.15) is 13.2 Å². The van der Waals surface area contributed by atoms with E-state index in [1.165, 1.54) is 30.3 Å². The lowest BCUT2D eigenvalue weighted by molar-refractivity contribution is -0.255. The lowest BCUT2D eigenvalue weighted by Gasteiger charge is -2.24. The van der Waals surface area contributed by atoms with Crippen molar-refractivity contribution in [3.63, 3.8) is 0 Å². The van der Waals surface area contributed by atoms with Crippen molar-refractivity contribution in [1.29, 1.82) is 0 Å². The second-order valence-electron chi connectivity index (χ2n) is 5.93. The first-order valence-corrected chi connectivity index (χ1v) is 8.81. The smallest absolute Gasteiger partial charge is 0.416 e. The summed E-state index contributed by atoms with van der Waals surface area (Å²) in [5, 5.41) is 14.9. The number of hydrogen-bond donors (Lipinski definition) is 2. The predicted molar refractivity (Wildman–Crippen MR) is 93.7 cm³/mol. The number of halogens is 3. The van der Waals surface area contributed by atoms with E-state index < -0.39 is 34.8 Å². The summed E-state index contributed by atoms with van der Waals surface area (Å²) in [5.74, 6) is -2.53. The number of carboxylic acids is 1. The van der Waals surface area contributed by atoms with Crippen molar-refractivity contribution in [2.75, 3.05) is 10.6 Å². The molecule has 2 N–H and O–H groups in total. The zero-order valence-electron chi connectivity index (χ0n) is 14.0. The van der Waals surface area contributed by atoms with Crippen LogP contribution in [0.25, 0.3) is 0 Å². The molecule has 1 heterocycles. The lowest BCUT2D eigenvalue weighted by Crippen LogP contribution is -2.32. The predicted octanol–water partition coefficient (Wildman–Crippen LogP) is 2.51. The Morgan fingerprint density at radius 3 is 2.61 bits per heavy atom. The Morgan fingerprint density at radius 2 is 1.93 bits per heavy atom. The van der Waals surface area contributed by atoms with Crippen molar-refractivity contribution in [2.24, 2.45) is 0 Å². The summed E-state index contributed by atoms with van der Waals surface area (Å²) in [5.41, 5.74) is -0.723. The Balaban J connectivity index is 1.69. The van der Waals surface area contributed by atoms with Crippen LogP contribution in [0, 0.1) is 0 Å². The fourth-order valence-corrected chi connectivity index (χ4v) is 3.66. The maximum atomic E-state index is 12.8. The minimum absolute atomic E-state index is 0.0446. The van der Waals surface area contributed by atoms with Gasteiger partial charge in [0.25, 0.3) is 0 Å². The number of benzene rings is 2. The van der Waals surface area contributed by atoms with Gasteiger partial charge in [0.1, 0.15) is 0 Å². The summed E-state index contributed by atoms with van der Waals surface area (Å²) in [7, 11) is 0. The molecular formula is C18H12F3N2O4S-. The van der Waals surface area contributed by atoms with E-state index in [0.29, 0.717) is 4.90 Å². The van der Waals surface area contributed by atoms with Crippen molar-refractivity contribution in [1.82, 2.24) is 0 Å². The molecule has 2 amide bonds. The number of alkyl halides is 3. The highest BCUT2D eigenvalue weighted by Crippen LogP contribution is 2.40. The van der Waals surface area contributed by atoms with Gasteiger partial charge in [0.15, 0.2) is 0 Å². The SMILES string of the molecule is O=C(CC1Sc2ccc(C(F)(F)F)cc2NC1=O)Nc1cccc(C(=O)[O-])c1. The number of nitrogens with one attached hydrogen (secondary N) is 2. The molecule has 6 nitrogen and oxygen atoms in total. The summed E-state index contributed by atoms with van der Waals surface area (Å²) in [6, 6.07) is 8.44. The van der Waals surface area contributed by atoms with Gasteiger partial charge in [0, 0.05) is 17.0 Å². The van der Waals surface area contributed by atoms with Gasteiger partial charge in [-0.15, -0.1) is 11.8 Å². The van der Waals surface area contributed by atoms with Gasteiger partial charge in [-0.05, 0) is 35.9 Å². The second-order valence-corrected chi connectivity index (χ2v) is 7.17. The topological polar surface area (TPSA) is 98.3 Å². The van der Waals surface area contributed by atoms with Crippen molar-refractivity contribution in [3.05, 3.63) is 53.6 Å². The molecule has 0 saturated heterocycles. The molecule has 3 rings (SSSR count). The van der Waals surface area contributed by atoms with Crippen molar-refractivity contribution in [2.45, 2.75) is 22.7 Å². The summed E-state index contributed by atoms with van der Waals surface area (Å²) < 4.78 is 38.3. The summed E-state index contributed by atoms with van der Waals surface area (Å²) in [6.45, 7) is 0. The van der Waals surface area contributed by atoms with Crippen LogP contribution in [-0.2, 0) is 15.8 Å². The van der Waals surface area contributed by atoms with Crippen LogP contribution >= 0.6 is 11.8 Å². The molecule has 1 aliphatic rings. The Kier molecular flexibility index (Phi) is 5.32. The maximum absolute atomic E-state index is 12.8. The normalized spacial score (nSPS) is 16.1. The van der Waals surface area contributed by atoms with Crippen LogP contribution < -0.4 is 15.7 Å². The number of aromatic carboxylic acids is 1. The van der Waals surface area contributed by atoms with Crippen LogP contribution in [0.5, 0.6) is 0 Å². The minimum atomic E-state index is -4.53. The molecular weight excluding hydrogens is 397 g/mol. The standard InChI is InChI=1S/C18H13F3N2O4S/c19-18(20,21)10-4-5-13-12(7-10)23-16(25)14(28-13)8-15(24)22-11-3-1-2-9(6-11)17(26)27/h1-7,14H,8H2,(H,22,24)(H,23,25)(H,26,27)/p-1. The quantitative estimate of drug-likeness (QED) is 0.809. The number of rotatable bonds is 4. The van der Waals surface area contributed by atoms with Crippen LogP contribution in [-0.4, -0.2) is 23.0 Å². The molecule has 1 unspecified atom stereocenters. The number of carboxylic acid groups (broad SMARTS) is 1. The molecule has 0 radical (unpaired) electrons. The van der Waals surface area contributed by atoms with Crippen LogP contribution in [0.2, 0.25) is 0 Å². The van der Waals surface area contributed by atoms with Gasteiger partial charge < -0.3 is 20.5 Å². The van der Waals surface area contributed by atoms with E-state index in [-0.39, 0.29) is 23.4 Å². The van der Waals surface area contributed by atoms with Crippen LogP contribution in [0.15, 0.2) is 47.4 Å². The van der Waals surface area contributed by atoms with Gasteiger partial charge in [-0.1, -0.05) is 12.1 Å². The fraction of sp³-hybridized carbons (Fsp3) is 0.167. The highest BCUT2D eigenvalue weighted by atomic mass is 32.2. The van der Waals surface area contributed by atoms with Gasteiger partial charge in [-0.25, -0.2) is 0 Å². The van der Waals surface area contributed by atoms with Gasteiger partial charge in [-0.3, -0.25) is 9.59 Å². The fourth-order valence-electron chi connectivity index (χ4n) is 2.57. The molecule has 146 valence electrons. The maximum Gasteiger partial charge on any atom is 0.416 e. The third kappa shape index (κ3) is 4.45. The average Bonchev–Trinajstić information content (AvgIpc) is 2.61. The summed E-state index contributed by atoms with van der Waals surface area (Å²) in [6.07, 6.45) is -4.77. The largest absolute Gasteiger partial charge is 0.545 e. The van der Waals surface area contributed by atoms with Gasteiger partial charge in [0.2, 0.25) is 11.8 Å². The van der Waals surface area contributed by atoms with E-state index in [4.69, 9.17) is 0 Å². The first-order chi connectivity index (χ1) is 13.1. The number of anilines is 2. The molecule has 0 spiro atoms. The highest BCUT2D eigenvalue weighted by molar-refractivity contribution is 8.01. The highest BCUT2D eigenvalue weighted by Gasteiger charge is 2.34. The molecule has 0 saturated carbocycles. The van der Waals surface area contributed by atoms with Crippen LogP contribution in [0.1, 0.15) is 22.3 Å². The molecule has 1 aliphatic heterocycles. The second kappa shape index (κ2) is 7.55. The average molecular weight is 409 g/mol. The molecule has 2 aromatic rings.